The molecule has 0 saturated heterocycles. The first-order valence-corrected chi connectivity index (χ1v) is 12.6. The van der Waals surface area contributed by atoms with E-state index in [9.17, 15) is 13.0 Å². The van der Waals surface area contributed by atoms with E-state index >= 15 is 0 Å². The van der Waals surface area contributed by atoms with Crippen LogP contribution in [0.4, 0.5) is 11.4 Å². The van der Waals surface area contributed by atoms with Crippen LogP contribution in [0.2, 0.25) is 0 Å². The first-order chi connectivity index (χ1) is 14.5. The predicted molar refractivity (Wildman–Crippen MR) is 122 cm³/mol. The number of fused-ring (bicyclic) bond motifs is 1. The fourth-order valence-corrected chi connectivity index (χ4v) is 4.86. The monoisotopic (exact) mass is 468 g/mol. The molecule has 0 fully saturated rings. The molecule has 2 aromatic rings. The van der Waals surface area contributed by atoms with Gasteiger partial charge in [-0.3, -0.25) is 0 Å². The van der Waals surface area contributed by atoms with Gasteiger partial charge in [-0.05, 0) is 30.5 Å². The van der Waals surface area contributed by atoms with Gasteiger partial charge in [-0.25, -0.2) is 8.42 Å². The van der Waals surface area contributed by atoms with Gasteiger partial charge in [0.25, 0.3) is 0 Å². The van der Waals surface area contributed by atoms with Crippen LogP contribution in [0, 0.1) is 0 Å². The van der Waals surface area contributed by atoms with Crippen molar-refractivity contribution in [3.8, 4) is 0 Å². The van der Waals surface area contributed by atoms with Gasteiger partial charge in [-0.1, -0.05) is 88.3 Å². The van der Waals surface area contributed by atoms with Gasteiger partial charge in [0, 0.05) is 6.54 Å². The Labute approximate surface area is 230 Å². The molecule has 2 aromatic carbocycles. The number of para-hydroxylation sites is 1. The summed E-state index contributed by atoms with van der Waals surface area (Å²) in [5.74, 6) is 0. The quantitative estimate of drug-likeness (QED) is 0.295. The summed E-state index contributed by atoms with van der Waals surface area (Å²) in [7, 11) is -4.53. The van der Waals surface area contributed by atoms with E-state index in [1.165, 1.54) is 51.0 Å². The molecule has 0 amide bonds. The molecule has 1 unspecified atom stereocenters. The Morgan fingerprint density at radius 1 is 0.903 bits per heavy atom. The van der Waals surface area contributed by atoms with Gasteiger partial charge in [0.2, 0.25) is 0 Å². The van der Waals surface area contributed by atoms with E-state index in [0.29, 0.717) is 12.2 Å². The zero-order valence-corrected chi connectivity index (χ0v) is 22.8. The maximum atomic E-state index is 11.8. The van der Waals surface area contributed by atoms with E-state index in [4.69, 9.17) is 0 Å². The molecule has 5 nitrogen and oxygen atoms in total. The molecule has 0 bridgehead atoms. The number of nitrogens with one attached hydrogen (secondary N) is 1. The van der Waals surface area contributed by atoms with Crippen LogP contribution >= 0.6 is 0 Å². The molecule has 0 radical (unpaired) electrons. The molecule has 0 aromatic heterocycles. The molecule has 164 valence electrons. The standard InChI is InChI=1S/C24H34N2O3S.K/c1-2-3-4-5-6-7-8-12-18-23-25-24-21(16-13-17-22(24)30(27,28)29)26(23)19-20-14-10-9-11-15-20;/h9-11,13-17,23,25H,2-8,12,18-19H2,1H3,(H,27,28,29);/q;+1/p-1. The van der Waals surface area contributed by atoms with Crippen molar-refractivity contribution in [3.63, 3.8) is 0 Å². The van der Waals surface area contributed by atoms with Crippen LogP contribution < -0.4 is 61.6 Å². The molecule has 0 saturated carbocycles. The molecule has 1 aliphatic rings. The minimum Gasteiger partial charge on any atom is -0.744 e. The number of benzene rings is 2. The summed E-state index contributed by atoms with van der Waals surface area (Å²) in [6.07, 6.45) is 10.9. The normalized spacial score (nSPS) is 15.3. The van der Waals surface area contributed by atoms with Crippen LogP contribution in [0.15, 0.2) is 53.4 Å². The number of hydrogen-bond acceptors (Lipinski definition) is 5. The second kappa shape index (κ2) is 13.3. The van der Waals surface area contributed by atoms with Crippen molar-refractivity contribution in [2.75, 3.05) is 10.2 Å². The number of unbranched alkanes of at least 4 members (excludes halogenated alkanes) is 7. The summed E-state index contributed by atoms with van der Waals surface area (Å²) in [6, 6.07) is 15.1. The molecular formula is C24H33KN2O3S. The third-order valence-corrected chi connectivity index (χ3v) is 6.68. The van der Waals surface area contributed by atoms with Crippen LogP contribution in [0.3, 0.4) is 0 Å². The summed E-state index contributed by atoms with van der Waals surface area (Å²) in [4.78, 5) is 2.04. The van der Waals surface area contributed by atoms with Crippen molar-refractivity contribution in [2.45, 2.75) is 82.3 Å². The first kappa shape index (κ1) is 26.8. The summed E-state index contributed by atoms with van der Waals surface area (Å²) < 4.78 is 35.3. The van der Waals surface area contributed by atoms with Crippen molar-refractivity contribution in [1.29, 1.82) is 0 Å². The van der Waals surface area contributed by atoms with Crippen molar-refractivity contribution in [1.82, 2.24) is 0 Å². The fourth-order valence-electron chi connectivity index (χ4n) is 4.20. The van der Waals surface area contributed by atoms with Gasteiger partial charge in [-0.15, -0.1) is 0 Å². The van der Waals surface area contributed by atoms with Gasteiger partial charge < -0.3 is 14.8 Å². The average molecular weight is 469 g/mol. The van der Waals surface area contributed by atoms with E-state index in [1.54, 1.807) is 6.07 Å². The van der Waals surface area contributed by atoms with Crippen LogP contribution in [-0.4, -0.2) is 19.1 Å². The molecule has 31 heavy (non-hydrogen) atoms. The summed E-state index contributed by atoms with van der Waals surface area (Å²) in [5.41, 5.74) is 2.40. The van der Waals surface area contributed by atoms with E-state index in [-0.39, 0.29) is 62.4 Å². The van der Waals surface area contributed by atoms with E-state index < -0.39 is 10.1 Å². The fraction of sp³-hybridized carbons (Fsp3) is 0.500. The molecular weight excluding hydrogens is 435 g/mol. The third-order valence-electron chi connectivity index (χ3n) is 5.80. The zero-order valence-electron chi connectivity index (χ0n) is 18.8. The zero-order chi connectivity index (χ0) is 21.4. The van der Waals surface area contributed by atoms with Crippen molar-refractivity contribution < 1.29 is 64.4 Å². The molecule has 7 heteroatoms. The molecule has 1 atom stereocenters. The van der Waals surface area contributed by atoms with Gasteiger partial charge in [0.15, 0.2) is 0 Å². The molecule has 3 rings (SSSR count). The Morgan fingerprint density at radius 2 is 1.55 bits per heavy atom. The second-order valence-electron chi connectivity index (χ2n) is 8.14. The smallest absolute Gasteiger partial charge is 0.744 e. The number of hydrogen-bond donors (Lipinski definition) is 1. The Hall–Kier alpha value is -0.414. The predicted octanol–water partition coefficient (Wildman–Crippen LogP) is 2.88. The third kappa shape index (κ3) is 7.84. The Kier molecular flexibility index (Phi) is 11.5. The van der Waals surface area contributed by atoms with Gasteiger partial charge in [0.1, 0.15) is 10.1 Å². The topological polar surface area (TPSA) is 72.5 Å². The number of anilines is 2. The maximum absolute atomic E-state index is 11.8. The molecule has 1 aliphatic heterocycles. The van der Waals surface area contributed by atoms with E-state index in [2.05, 4.69) is 29.3 Å². The SMILES string of the molecule is CCCCCCCCCCC1Nc2c(cccc2S(=O)(=O)[O-])N1Cc1ccccc1.[K+]. The summed E-state index contributed by atoms with van der Waals surface area (Å²) >= 11 is 0. The average Bonchev–Trinajstić information content (AvgIpc) is 3.07. The van der Waals surface area contributed by atoms with Crippen molar-refractivity contribution in [3.05, 3.63) is 54.1 Å². The van der Waals surface area contributed by atoms with Crippen LogP contribution in [0.25, 0.3) is 0 Å². The van der Waals surface area contributed by atoms with Gasteiger partial charge in [-0.2, -0.15) is 0 Å². The van der Waals surface area contributed by atoms with Gasteiger partial charge in [0.05, 0.1) is 22.4 Å². The molecule has 1 heterocycles. The minimum absolute atomic E-state index is 0. The first-order valence-electron chi connectivity index (χ1n) is 11.2. The number of nitrogens with zero attached hydrogens (tertiary/aromatic N) is 1. The Balaban J connectivity index is 0.00000341. The van der Waals surface area contributed by atoms with Crippen LogP contribution in [0.5, 0.6) is 0 Å². The van der Waals surface area contributed by atoms with Crippen molar-refractivity contribution >= 4 is 21.5 Å². The Bertz CT molecular complexity index is 906. The molecule has 1 N–H and O–H groups in total. The molecule has 0 spiro atoms. The van der Waals surface area contributed by atoms with Crippen molar-refractivity contribution in [2.24, 2.45) is 0 Å². The van der Waals surface area contributed by atoms with E-state index in [0.717, 1.165) is 24.1 Å². The van der Waals surface area contributed by atoms with E-state index in [1.807, 2.05) is 24.3 Å². The van der Waals surface area contributed by atoms with Gasteiger partial charge >= 0.3 is 51.4 Å². The Morgan fingerprint density at radius 3 is 2.19 bits per heavy atom. The van der Waals surface area contributed by atoms with Crippen LogP contribution in [0.1, 0.15) is 70.3 Å². The summed E-state index contributed by atoms with van der Waals surface area (Å²) in [5, 5.41) is 3.35. The second-order valence-corrected chi connectivity index (χ2v) is 9.49. The largest absolute Gasteiger partial charge is 1.00 e. The number of rotatable bonds is 12. The maximum Gasteiger partial charge on any atom is 1.00 e. The minimum atomic E-state index is -4.53. The molecule has 0 aliphatic carbocycles. The summed E-state index contributed by atoms with van der Waals surface area (Å²) in [6.45, 7) is 2.90. The van der Waals surface area contributed by atoms with Crippen LogP contribution in [-0.2, 0) is 16.7 Å².